The molecule has 1 rings (SSSR count). The second-order valence-corrected chi connectivity index (χ2v) is 11.1. The predicted molar refractivity (Wildman–Crippen MR) is 103 cm³/mol. The van der Waals surface area contributed by atoms with Crippen LogP contribution in [-0.4, -0.2) is 29.6 Å². The highest BCUT2D eigenvalue weighted by Crippen LogP contribution is 2.63. The quantitative estimate of drug-likeness (QED) is 0.530. The van der Waals surface area contributed by atoms with Crippen LogP contribution in [0, 0.1) is 0 Å². The van der Waals surface area contributed by atoms with Gasteiger partial charge in [-0.1, -0.05) is 52.2 Å². The van der Waals surface area contributed by atoms with Gasteiger partial charge in [0.25, 0.3) is 0 Å². The largest absolute Gasteiger partial charge is 1.00 e. The van der Waals surface area contributed by atoms with Crippen LogP contribution in [0.25, 0.3) is 0 Å². The van der Waals surface area contributed by atoms with E-state index in [0.717, 1.165) is 6.16 Å². The molecular formula is C20H34BrO2P. The molecule has 4 heteroatoms. The summed E-state index contributed by atoms with van der Waals surface area (Å²) in [6.45, 7) is 6.83. The van der Waals surface area contributed by atoms with E-state index in [-0.39, 0.29) is 17.0 Å². The van der Waals surface area contributed by atoms with E-state index in [1.54, 1.807) is 6.07 Å². The number of carboxylic acid groups (broad SMARTS) is 1. The number of carbonyl (C=O) groups is 1. The van der Waals surface area contributed by atoms with Gasteiger partial charge in [0.1, 0.15) is 0 Å². The average Bonchev–Trinajstić information content (AvgIpc) is 2.56. The van der Waals surface area contributed by atoms with Crippen molar-refractivity contribution in [2.75, 3.05) is 18.5 Å². The summed E-state index contributed by atoms with van der Waals surface area (Å²) in [4.78, 5) is 11.2. The molecule has 0 aliphatic heterocycles. The van der Waals surface area contributed by atoms with Gasteiger partial charge in [-0.05, 0) is 37.0 Å². The minimum Gasteiger partial charge on any atom is -1.00 e. The first-order valence-corrected chi connectivity index (χ1v) is 11.8. The topological polar surface area (TPSA) is 37.3 Å². The molecule has 0 unspecified atom stereocenters. The molecule has 0 saturated carbocycles. The molecule has 0 spiro atoms. The van der Waals surface area contributed by atoms with E-state index in [9.17, 15) is 9.90 Å². The zero-order chi connectivity index (χ0) is 17.1. The van der Waals surface area contributed by atoms with E-state index in [1.807, 2.05) is 12.1 Å². The summed E-state index contributed by atoms with van der Waals surface area (Å²) in [5.41, 5.74) is 1.67. The molecule has 0 radical (unpaired) electrons. The first-order chi connectivity index (χ1) is 11.1. The van der Waals surface area contributed by atoms with Crippen molar-refractivity contribution < 1.29 is 26.9 Å². The molecule has 0 aromatic heterocycles. The molecule has 1 aromatic rings. The molecule has 0 heterocycles. The molecule has 1 aromatic carbocycles. The number of hydrogen-bond donors (Lipinski definition) is 1. The van der Waals surface area contributed by atoms with E-state index < -0.39 is 13.2 Å². The Balaban J connectivity index is 0.00000529. The number of halogens is 1. The van der Waals surface area contributed by atoms with Crippen molar-refractivity contribution in [1.82, 2.24) is 0 Å². The summed E-state index contributed by atoms with van der Waals surface area (Å²) >= 11 is 0. The van der Waals surface area contributed by atoms with Gasteiger partial charge in [-0.3, -0.25) is 0 Å². The third-order valence-electron chi connectivity index (χ3n) is 4.65. The van der Waals surface area contributed by atoms with Crippen LogP contribution in [0.15, 0.2) is 24.3 Å². The zero-order valence-electron chi connectivity index (χ0n) is 15.6. The van der Waals surface area contributed by atoms with E-state index in [4.69, 9.17) is 0 Å². The fraction of sp³-hybridized carbons (Fsp3) is 0.650. The van der Waals surface area contributed by atoms with Crippen LogP contribution in [0.5, 0.6) is 0 Å². The van der Waals surface area contributed by atoms with Crippen molar-refractivity contribution in [1.29, 1.82) is 0 Å². The van der Waals surface area contributed by atoms with Crippen molar-refractivity contribution in [3.05, 3.63) is 35.4 Å². The molecule has 1 N–H and O–H groups in total. The van der Waals surface area contributed by atoms with Gasteiger partial charge in [0.2, 0.25) is 0 Å². The van der Waals surface area contributed by atoms with Crippen LogP contribution in [0.1, 0.15) is 75.2 Å². The highest BCUT2D eigenvalue weighted by Gasteiger charge is 2.35. The van der Waals surface area contributed by atoms with Gasteiger partial charge in [-0.2, -0.15) is 0 Å². The van der Waals surface area contributed by atoms with Crippen molar-refractivity contribution in [3.8, 4) is 0 Å². The van der Waals surface area contributed by atoms with Gasteiger partial charge in [0.15, 0.2) is 0 Å². The monoisotopic (exact) mass is 416 g/mol. The highest BCUT2D eigenvalue weighted by atomic mass is 79.9. The van der Waals surface area contributed by atoms with Crippen LogP contribution >= 0.6 is 7.26 Å². The number of carboxylic acids is 1. The Hall–Kier alpha value is -0.400. The first-order valence-electron chi connectivity index (χ1n) is 9.24. The van der Waals surface area contributed by atoms with E-state index in [2.05, 4.69) is 26.8 Å². The van der Waals surface area contributed by atoms with E-state index in [1.165, 1.54) is 62.6 Å². The van der Waals surface area contributed by atoms with E-state index >= 15 is 0 Å². The Morgan fingerprint density at radius 3 is 1.88 bits per heavy atom. The third-order valence-corrected chi connectivity index (χ3v) is 9.48. The van der Waals surface area contributed by atoms with Gasteiger partial charge in [-0.25, -0.2) is 4.79 Å². The van der Waals surface area contributed by atoms with Crippen molar-refractivity contribution in [3.63, 3.8) is 0 Å². The SMILES string of the molecule is CCCC[P+](CCCC)(CCCC)Cc1cccc(C(=O)O)c1.[Br-]. The predicted octanol–water partition coefficient (Wildman–Crippen LogP) is 3.31. The van der Waals surface area contributed by atoms with Crippen LogP contribution in [0.4, 0.5) is 0 Å². The highest BCUT2D eigenvalue weighted by molar-refractivity contribution is 7.75. The lowest BCUT2D eigenvalue weighted by Gasteiger charge is -2.28. The summed E-state index contributed by atoms with van der Waals surface area (Å²) in [7, 11) is -1.01. The van der Waals surface area contributed by atoms with Gasteiger partial charge >= 0.3 is 5.97 Å². The van der Waals surface area contributed by atoms with Crippen molar-refractivity contribution in [2.24, 2.45) is 0 Å². The van der Waals surface area contributed by atoms with Gasteiger partial charge < -0.3 is 22.1 Å². The van der Waals surface area contributed by atoms with Crippen LogP contribution < -0.4 is 17.0 Å². The minimum atomic E-state index is -1.01. The first kappa shape index (κ1) is 23.6. The zero-order valence-corrected chi connectivity index (χ0v) is 18.0. The van der Waals surface area contributed by atoms with Gasteiger partial charge in [0.05, 0.1) is 30.2 Å². The van der Waals surface area contributed by atoms with Gasteiger partial charge in [0, 0.05) is 7.26 Å². The summed E-state index contributed by atoms with van der Waals surface area (Å²) in [5.74, 6) is -0.813. The smallest absolute Gasteiger partial charge is 0.335 e. The number of benzene rings is 1. The lowest BCUT2D eigenvalue weighted by Crippen LogP contribution is -3.00. The molecule has 0 fully saturated rings. The third kappa shape index (κ3) is 8.12. The Morgan fingerprint density at radius 2 is 1.46 bits per heavy atom. The maximum absolute atomic E-state index is 11.2. The van der Waals surface area contributed by atoms with Gasteiger partial charge in [-0.15, -0.1) is 0 Å². The van der Waals surface area contributed by atoms with Crippen LogP contribution in [0.2, 0.25) is 0 Å². The Bertz CT molecular complexity index is 455. The summed E-state index contributed by atoms with van der Waals surface area (Å²) in [5, 5.41) is 9.24. The standard InChI is InChI=1S/C20H33O2P.BrH/c1-4-7-13-23(14-8-5-2,15-9-6-3)17-18-11-10-12-19(16-18)20(21)22;/h10-12,16H,4-9,13-15,17H2,1-3H3;1H. The number of rotatable bonds is 12. The molecule has 0 bridgehead atoms. The fourth-order valence-electron chi connectivity index (χ4n) is 3.24. The summed E-state index contributed by atoms with van der Waals surface area (Å²) in [6, 6.07) is 7.65. The molecule has 0 amide bonds. The normalized spacial score (nSPS) is 11.1. The average molecular weight is 417 g/mol. The molecule has 138 valence electrons. The number of unbranched alkanes of at least 4 members (excludes halogenated alkanes) is 3. The lowest BCUT2D eigenvalue weighted by atomic mass is 10.1. The number of hydrogen-bond acceptors (Lipinski definition) is 1. The molecule has 0 aliphatic carbocycles. The summed E-state index contributed by atoms with van der Waals surface area (Å²) < 4.78 is 0. The fourth-order valence-corrected chi connectivity index (χ4v) is 8.32. The second kappa shape index (κ2) is 12.9. The van der Waals surface area contributed by atoms with Crippen molar-refractivity contribution >= 4 is 13.2 Å². The molecule has 24 heavy (non-hydrogen) atoms. The maximum Gasteiger partial charge on any atom is 0.335 e. The lowest BCUT2D eigenvalue weighted by molar-refractivity contribution is -0.0000206. The molecular weight excluding hydrogens is 383 g/mol. The summed E-state index contributed by atoms with van der Waals surface area (Å²) in [6.07, 6.45) is 13.0. The van der Waals surface area contributed by atoms with E-state index in [0.29, 0.717) is 5.56 Å². The van der Waals surface area contributed by atoms with Crippen LogP contribution in [-0.2, 0) is 6.16 Å². The molecule has 2 nitrogen and oxygen atoms in total. The van der Waals surface area contributed by atoms with Crippen LogP contribution in [0.3, 0.4) is 0 Å². The molecule has 0 aliphatic rings. The Labute approximate surface area is 159 Å². The maximum atomic E-state index is 11.2. The molecule has 0 saturated heterocycles. The van der Waals surface area contributed by atoms with Crippen molar-refractivity contribution in [2.45, 2.75) is 65.5 Å². The minimum absolute atomic E-state index is 0. The number of aromatic carboxylic acids is 1. The molecule has 0 atom stereocenters. The Morgan fingerprint density at radius 1 is 0.958 bits per heavy atom. The second-order valence-electron chi connectivity index (χ2n) is 6.74. The Kier molecular flexibility index (Phi) is 12.7.